The molecule has 6 nitrogen and oxygen atoms in total. The second-order valence-electron chi connectivity index (χ2n) is 8.25. The lowest BCUT2D eigenvalue weighted by Gasteiger charge is -2.34. The van der Waals surface area contributed by atoms with Gasteiger partial charge in [-0.25, -0.2) is 8.78 Å². The van der Waals surface area contributed by atoms with E-state index < -0.39 is 28.8 Å². The topological polar surface area (TPSA) is 82.6 Å². The molecule has 2 heterocycles. The zero-order chi connectivity index (χ0) is 22.5. The van der Waals surface area contributed by atoms with Crippen LogP contribution >= 0.6 is 0 Å². The molecule has 31 heavy (non-hydrogen) atoms. The van der Waals surface area contributed by atoms with Gasteiger partial charge in [-0.1, -0.05) is 12.1 Å². The van der Waals surface area contributed by atoms with Gasteiger partial charge in [0, 0.05) is 23.9 Å². The Labute approximate surface area is 177 Å². The van der Waals surface area contributed by atoms with Crippen LogP contribution in [0.1, 0.15) is 47.1 Å². The molecule has 0 radical (unpaired) electrons. The second-order valence-corrected chi connectivity index (χ2v) is 8.25. The minimum Gasteiger partial charge on any atom is -0.386 e. The van der Waals surface area contributed by atoms with Crippen molar-refractivity contribution in [1.29, 1.82) is 0 Å². The molecule has 0 saturated carbocycles. The van der Waals surface area contributed by atoms with E-state index >= 15 is 0 Å². The number of hydrogen-bond acceptors (Lipinski definition) is 4. The minimum absolute atomic E-state index is 0.00873. The third-order valence-electron chi connectivity index (χ3n) is 5.64. The number of carbonyl (C=O) groups excluding carboxylic acids is 1. The van der Waals surface area contributed by atoms with Crippen molar-refractivity contribution in [2.24, 2.45) is 0 Å². The van der Waals surface area contributed by atoms with E-state index in [1.165, 1.54) is 4.90 Å². The summed E-state index contributed by atoms with van der Waals surface area (Å²) in [6.07, 6.45) is 0. The van der Waals surface area contributed by atoms with E-state index in [0.29, 0.717) is 22.4 Å². The molecule has 4 rings (SSSR count). The van der Waals surface area contributed by atoms with E-state index in [2.05, 4.69) is 4.98 Å². The number of aromatic nitrogens is 1. The molecule has 0 spiro atoms. The quantitative estimate of drug-likeness (QED) is 0.670. The second kappa shape index (κ2) is 7.55. The molecule has 1 unspecified atom stereocenters. The number of benzene rings is 2. The van der Waals surface area contributed by atoms with Crippen molar-refractivity contribution in [1.82, 2.24) is 9.88 Å². The predicted octanol–water partition coefficient (Wildman–Crippen LogP) is 3.38. The Balaban J connectivity index is 1.81. The fraction of sp³-hybridized carbons (Fsp3) is 0.304. The number of amides is 1. The van der Waals surface area contributed by atoms with Gasteiger partial charge in [0.25, 0.3) is 11.5 Å². The molecule has 8 heteroatoms. The number of rotatable bonds is 3. The van der Waals surface area contributed by atoms with Crippen LogP contribution in [0.15, 0.2) is 41.2 Å². The van der Waals surface area contributed by atoms with Crippen LogP contribution in [0.4, 0.5) is 8.78 Å². The maximum absolute atomic E-state index is 14.0. The van der Waals surface area contributed by atoms with Crippen LogP contribution in [0.2, 0.25) is 0 Å². The molecule has 1 atom stereocenters. The van der Waals surface area contributed by atoms with Gasteiger partial charge in [0.1, 0.15) is 0 Å². The highest BCUT2D eigenvalue weighted by Crippen LogP contribution is 2.34. The Bertz CT molecular complexity index is 1250. The predicted molar refractivity (Wildman–Crippen MR) is 111 cm³/mol. The number of ether oxygens (including phenoxy) is 1. The molecular formula is C23H22F2N2O4. The van der Waals surface area contributed by atoms with Gasteiger partial charge >= 0.3 is 0 Å². The van der Waals surface area contributed by atoms with E-state index in [-0.39, 0.29) is 29.9 Å². The summed E-state index contributed by atoms with van der Waals surface area (Å²) < 4.78 is 33.4. The van der Waals surface area contributed by atoms with E-state index in [0.717, 1.165) is 12.1 Å². The molecule has 1 aliphatic rings. The van der Waals surface area contributed by atoms with Crippen molar-refractivity contribution in [3.05, 3.63) is 80.8 Å². The molecule has 0 fully saturated rings. The van der Waals surface area contributed by atoms with Crippen molar-refractivity contribution in [2.45, 2.75) is 32.1 Å². The van der Waals surface area contributed by atoms with Crippen molar-refractivity contribution < 1.29 is 23.4 Å². The summed E-state index contributed by atoms with van der Waals surface area (Å²) in [6, 6.07) is 7.89. The van der Waals surface area contributed by atoms with Gasteiger partial charge < -0.3 is 19.7 Å². The summed E-state index contributed by atoms with van der Waals surface area (Å²) in [5.41, 5.74) is 0.217. The monoisotopic (exact) mass is 428 g/mol. The Morgan fingerprint density at radius 1 is 1.19 bits per heavy atom. The van der Waals surface area contributed by atoms with Gasteiger partial charge in [-0.2, -0.15) is 0 Å². The molecule has 0 saturated heterocycles. The van der Waals surface area contributed by atoms with Crippen molar-refractivity contribution in [3.63, 3.8) is 0 Å². The van der Waals surface area contributed by atoms with Crippen molar-refractivity contribution in [3.8, 4) is 0 Å². The van der Waals surface area contributed by atoms with Gasteiger partial charge in [-0.05, 0) is 49.1 Å². The molecule has 162 valence electrons. The third kappa shape index (κ3) is 3.73. The number of carbonyl (C=O) groups is 1. The molecule has 1 aromatic heterocycles. The number of aromatic amines is 1. The molecule has 1 amide bonds. The van der Waals surface area contributed by atoms with E-state index in [1.54, 1.807) is 45.2 Å². The Kier molecular flexibility index (Phi) is 5.15. The van der Waals surface area contributed by atoms with Crippen LogP contribution in [-0.4, -0.2) is 34.6 Å². The van der Waals surface area contributed by atoms with E-state index in [4.69, 9.17) is 4.74 Å². The number of pyridine rings is 1. The molecular weight excluding hydrogens is 406 g/mol. The van der Waals surface area contributed by atoms with Crippen molar-refractivity contribution >= 4 is 16.7 Å². The number of H-pyrrole nitrogens is 1. The maximum atomic E-state index is 14.0. The van der Waals surface area contributed by atoms with E-state index in [1.807, 2.05) is 0 Å². The van der Waals surface area contributed by atoms with Crippen molar-refractivity contribution in [2.75, 3.05) is 13.7 Å². The van der Waals surface area contributed by atoms with Gasteiger partial charge in [0.05, 0.1) is 30.2 Å². The number of hydrogen-bond donors (Lipinski definition) is 2. The van der Waals surface area contributed by atoms with Crippen LogP contribution in [0, 0.1) is 11.6 Å². The largest absolute Gasteiger partial charge is 0.386 e. The van der Waals surface area contributed by atoms with Crippen LogP contribution in [-0.2, 0) is 16.9 Å². The van der Waals surface area contributed by atoms with Gasteiger partial charge in [0.15, 0.2) is 11.6 Å². The zero-order valence-corrected chi connectivity index (χ0v) is 17.3. The maximum Gasteiger partial charge on any atom is 0.256 e. The van der Waals surface area contributed by atoms with Crippen LogP contribution in [0.3, 0.4) is 0 Å². The SMILES string of the molecule is CN(C(=O)c1cccc(C(C)(C)O)c1)C1COCc2[nH]c(=O)c3cc(F)c(F)cc3c21. The fourth-order valence-corrected chi connectivity index (χ4v) is 3.93. The molecule has 1 aliphatic heterocycles. The number of likely N-dealkylation sites (N-methyl/N-ethyl adjacent to an activating group) is 1. The molecule has 0 bridgehead atoms. The standard InChI is InChI=1S/C23H22F2N2O4/c1-23(2,30)13-6-4-5-12(7-13)22(29)27(3)19-11-31-10-18-20(19)14-8-16(24)17(25)9-15(14)21(28)26-18/h4-9,19,30H,10-11H2,1-3H3,(H,26,28). The lowest BCUT2D eigenvalue weighted by molar-refractivity contribution is 0.0335. The summed E-state index contributed by atoms with van der Waals surface area (Å²) in [7, 11) is 1.58. The molecule has 3 aromatic rings. The summed E-state index contributed by atoms with van der Waals surface area (Å²) in [5, 5.41) is 10.5. The highest BCUT2D eigenvalue weighted by atomic mass is 19.2. The first-order chi connectivity index (χ1) is 14.6. The van der Waals surface area contributed by atoms with Crippen LogP contribution < -0.4 is 5.56 Å². The number of nitrogens with zero attached hydrogens (tertiary/aromatic N) is 1. The summed E-state index contributed by atoms with van der Waals surface area (Å²) in [5.74, 6) is -2.53. The lowest BCUT2D eigenvalue weighted by atomic mass is 9.94. The first-order valence-electron chi connectivity index (χ1n) is 9.79. The smallest absolute Gasteiger partial charge is 0.256 e. The normalized spacial score (nSPS) is 16.3. The van der Waals surface area contributed by atoms with Gasteiger partial charge in [0.2, 0.25) is 0 Å². The average Bonchev–Trinajstić information content (AvgIpc) is 2.73. The molecule has 2 aromatic carbocycles. The first kappa shape index (κ1) is 21.1. The Morgan fingerprint density at radius 3 is 2.55 bits per heavy atom. The summed E-state index contributed by atoms with van der Waals surface area (Å²) in [6.45, 7) is 3.47. The Hall–Kier alpha value is -3.10. The van der Waals surface area contributed by atoms with Crippen LogP contribution in [0.5, 0.6) is 0 Å². The fourth-order valence-electron chi connectivity index (χ4n) is 3.93. The van der Waals surface area contributed by atoms with Gasteiger partial charge in [-0.3, -0.25) is 9.59 Å². The summed E-state index contributed by atoms with van der Waals surface area (Å²) in [4.78, 5) is 29.7. The molecule has 2 N–H and O–H groups in total. The first-order valence-corrected chi connectivity index (χ1v) is 9.79. The van der Waals surface area contributed by atoms with Crippen LogP contribution in [0.25, 0.3) is 10.8 Å². The Morgan fingerprint density at radius 2 is 1.87 bits per heavy atom. The lowest BCUT2D eigenvalue weighted by Crippen LogP contribution is -2.37. The number of nitrogens with one attached hydrogen (secondary N) is 1. The number of aliphatic hydroxyl groups is 1. The average molecular weight is 428 g/mol. The van der Waals surface area contributed by atoms with Gasteiger partial charge in [-0.15, -0.1) is 0 Å². The highest BCUT2D eigenvalue weighted by molar-refractivity contribution is 5.95. The van der Waals surface area contributed by atoms with E-state index in [9.17, 15) is 23.5 Å². The number of fused-ring (bicyclic) bond motifs is 3. The third-order valence-corrected chi connectivity index (χ3v) is 5.64. The highest BCUT2D eigenvalue weighted by Gasteiger charge is 2.32. The summed E-state index contributed by atoms with van der Waals surface area (Å²) >= 11 is 0. The number of halogens is 2. The minimum atomic E-state index is -1.12. The zero-order valence-electron chi connectivity index (χ0n) is 17.3. The molecule has 0 aliphatic carbocycles.